The van der Waals surface area contributed by atoms with Gasteiger partial charge in [0.1, 0.15) is 11.9 Å². The van der Waals surface area contributed by atoms with E-state index >= 15 is 0 Å². The molecule has 2 unspecified atom stereocenters. The van der Waals surface area contributed by atoms with Crippen molar-refractivity contribution in [2.45, 2.75) is 65.9 Å². The maximum atomic E-state index is 12.3. The highest BCUT2D eigenvalue weighted by Gasteiger charge is 2.33. The van der Waals surface area contributed by atoms with Gasteiger partial charge in [0.05, 0.1) is 8.99 Å². The molecule has 0 saturated heterocycles. The second-order valence-corrected chi connectivity index (χ2v) is 11.7. The molecular weight excluding hydrogens is 638 g/mol. The van der Waals surface area contributed by atoms with E-state index in [9.17, 15) is 9.90 Å². The van der Waals surface area contributed by atoms with Crippen LogP contribution in [0, 0.1) is 12.6 Å². The molecule has 0 aromatic heterocycles. The fourth-order valence-electron chi connectivity index (χ4n) is 3.92. The minimum atomic E-state index is -0.414. The summed E-state index contributed by atoms with van der Waals surface area (Å²) in [6.07, 6.45) is 2.51. The van der Waals surface area contributed by atoms with Crippen molar-refractivity contribution in [1.82, 2.24) is 0 Å². The fourth-order valence-corrected chi connectivity index (χ4v) is 5.81. The van der Waals surface area contributed by atoms with Gasteiger partial charge in [-0.2, -0.15) is 0 Å². The Morgan fingerprint density at radius 2 is 1.82 bits per heavy atom. The molecule has 1 aliphatic rings. The molecule has 4 rings (SSSR count). The van der Waals surface area contributed by atoms with Crippen LogP contribution in [-0.2, 0) is 16.0 Å². The minimum absolute atomic E-state index is 0.102. The lowest BCUT2D eigenvalue weighted by Crippen LogP contribution is -2.27. The molecule has 176 valence electrons. The Hall–Kier alpha value is -1.35. The molecule has 3 nitrogen and oxygen atoms in total. The number of hydrogen-bond acceptors (Lipinski definition) is 3. The van der Waals surface area contributed by atoms with Crippen molar-refractivity contribution in [3.8, 4) is 5.75 Å². The van der Waals surface area contributed by atoms with Gasteiger partial charge in [0.25, 0.3) is 0 Å². The second-order valence-electron chi connectivity index (χ2n) is 9.33. The SMILES string of the molecule is CCC(C)(C)C(=O)OC1Cc2cccc3cccc1c23.CCC(C)c1cc(I)cc(I)c1O. The highest BCUT2D eigenvalue weighted by atomic mass is 127. The molecule has 0 radical (unpaired) electrons. The van der Waals surface area contributed by atoms with Gasteiger partial charge in [-0.1, -0.05) is 57.2 Å². The van der Waals surface area contributed by atoms with Gasteiger partial charge >= 0.3 is 5.97 Å². The lowest BCUT2D eigenvalue weighted by molar-refractivity contribution is -0.160. The zero-order valence-corrected chi connectivity index (χ0v) is 24.2. The van der Waals surface area contributed by atoms with E-state index in [1.54, 1.807) is 0 Å². The first-order valence-electron chi connectivity index (χ1n) is 11.5. The predicted octanol–water partition coefficient (Wildman–Crippen LogP) is 8.53. The molecule has 0 amide bonds. The zero-order chi connectivity index (χ0) is 24.3. The third-order valence-electron chi connectivity index (χ3n) is 6.66. The molecule has 0 saturated carbocycles. The van der Waals surface area contributed by atoms with Gasteiger partial charge in [-0.3, -0.25) is 4.79 Å². The van der Waals surface area contributed by atoms with Gasteiger partial charge in [0, 0.05) is 15.6 Å². The monoisotopic (exact) mass is 670 g/mol. The van der Waals surface area contributed by atoms with E-state index in [1.807, 2.05) is 32.9 Å². The molecule has 0 fully saturated rings. The summed E-state index contributed by atoms with van der Waals surface area (Å²) < 4.78 is 7.93. The van der Waals surface area contributed by atoms with Crippen molar-refractivity contribution in [1.29, 1.82) is 0 Å². The molecule has 0 spiro atoms. The number of ether oxygens (including phenoxy) is 1. The zero-order valence-electron chi connectivity index (χ0n) is 19.9. The number of halogens is 2. The third kappa shape index (κ3) is 5.84. The Morgan fingerprint density at radius 1 is 1.15 bits per heavy atom. The number of benzene rings is 3. The lowest BCUT2D eigenvalue weighted by Gasteiger charge is -2.23. The summed E-state index contributed by atoms with van der Waals surface area (Å²) in [6.45, 7) is 10.2. The van der Waals surface area contributed by atoms with Crippen LogP contribution in [0.2, 0.25) is 0 Å². The molecule has 5 heteroatoms. The van der Waals surface area contributed by atoms with E-state index in [0.717, 1.165) is 34.0 Å². The average molecular weight is 670 g/mol. The Labute approximate surface area is 224 Å². The van der Waals surface area contributed by atoms with Crippen molar-refractivity contribution in [3.05, 3.63) is 72.4 Å². The summed E-state index contributed by atoms with van der Waals surface area (Å²) >= 11 is 4.45. The predicted molar refractivity (Wildman–Crippen MR) is 153 cm³/mol. The number of phenolic OH excluding ortho intramolecular Hbond substituents is 1. The van der Waals surface area contributed by atoms with Crippen molar-refractivity contribution in [3.63, 3.8) is 0 Å². The van der Waals surface area contributed by atoms with Crippen LogP contribution in [0.15, 0.2) is 48.5 Å². The first-order chi connectivity index (χ1) is 15.6. The van der Waals surface area contributed by atoms with Crippen molar-refractivity contribution >= 4 is 61.9 Å². The summed E-state index contributed by atoms with van der Waals surface area (Å²) in [5, 5.41) is 12.3. The quantitative estimate of drug-likeness (QED) is 0.219. The molecule has 0 aliphatic heterocycles. The summed E-state index contributed by atoms with van der Waals surface area (Å²) in [5.41, 5.74) is 3.09. The molecule has 2 atom stereocenters. The van der Waals surface area contributed by atoms with Crippen LogP contribution in [-0.4, -0.2) is 11.1 Å². The highest BCUT2D eigenvalue weighted by Crippen LogP contribution is 2.40. The lowest BCUT2D eigenvalue weighted by atomic mass is 9.90. The smallest absolute Gasteiger partial charge is 0.312 e. The van der Waals surface area contributed by atoms with E-state index in [-0.39, 0.29) is 12.1 Å². The van der Waals surface area contributed by atoms with E-state index in [0.29, 0.717) is 11.7 Å². The standard InChI is InChI=1S/C18H20O2.C10H12I2O/c1-4-18(2,3)17(19)20-15-11-13-9-5-7-12-8-6-10-14(15)16(12)13;1-3-6(2)8-4-7(11)5-9(12)10(8)13/h5-10,15H,4,11H2,1-3H3;4-6,13H,3H2,1-2H3. The number of rotatable bonds is 5. The topological polar surface area (TPSA) is 46.5 Å². The van der Waals surface area contributed by atoms with E-state index in [4.69, 9.17) is 4.74 Å². The maximum Gasteiger partial charge on any atom is 0.312 e. The molecular formula is C28H32I2O3. The normalized spacial score (nSPS) is 15.7. The molecule has 1 N–H and O–H groups in total. The average Bonchev–Trinajstić information content (AvgIpc) is 3.15. The van der Waals surface area contributed by atoms with E-state index < -0.39 is 5.41 Å². The van der Waals surface area contributed by atoms with Crippen LogP contribution < -0.4 is 0 Å². The van der Waals surface area contributed by atoms with Gasteiger partial charge in [0.2, 0.25) is 0 Å². The minimum Gasteiger partial charge on any atom is -0.507 e. The second kappa shape index (κ2) is 10.9. The number of phenols is 1. The van der Waals surface area contributed by atoms with Crippen LogP contribution in [0.3, 0.4) is 0 Å². The molecule has 3 aromatic carbocycles. The number of carbonyl (C=O) groups excluding carboxylic acids is 1. The Morgan fingerprint density at radius 3 is 2.45 bits per heavy atom. The Bertz CT molecular complexity index is 1150. The summed E-state index contributed by atoms with van der Waals surface area (Å²) in [5.74, 6) is 0.786. The highest BCUT2D eigenvalue weighted by molar-refractivity contribution is 14.1. The van der Waals surface area contributed by atoms with Crippen LogP contribution in [0.4, 0.5) is 0 Å². The van der Waals surface area contributed by atoms with Crippen LogP contribution in [0.1, 0.15) is 76.2 Å². The third-order valence-corrected chi connectivity index (χ3v) is 8.11. The summed E-state index contributed by atoms with van der Waals surface area (Å²) in [7, 11) is 0. The summed E-state index contributed by atoms with van der Waals surface area (Å²) in [4.78, 5) is 12.3. The maximum absolute atomic E-state index is 12.3. The first-order valence-corrected chi connectivity index (χ1v) is 13.6. The van der Waals surface area contributed by atoms with Crippen molar-refractivity contribution in [2.24, 2.45) is 5.41 Å². The Balaban J connectivity index is 0.000000205. The van der Waals surface area contributed by atoms with Crippen LogP contribution in [0.5, 0.6) is 5.75 Å². The largest absolute Gasteiger partial charge is 0.507 e. The van der Waals surface area contributed by atoms with E-state index in [1.165, 1.54) is 19.9 Å². The van der Waals surface area contributed by atoms with Gasteiger partial charge in [-0.25, -0.2) is 0 Å². The van der Waals surface area contributed by atoms with Crippen molar-refractivity contribution in [2.75, 3.05) is 0 Å². The molecule has 3 aromatic rings. The number of carbonyl (C=O) groups is 1. The van der Waals surface area contributed by atoms with E-state index in [2.05, 4.69) is 95.4 Å². The van der Waals surface area contributed by atoms with Gasteiger partial charge in [-0.05, 0) is 112 Å². The van der Waals surface area contributed by atoms with Crippen LogP contribution >= 0.6 is 45.2 Å². The molecule has 0 bridgehead atoms. The van der Waals surface area contributed by atoms with Gasteiger partial charge in [-0.15, -0.1) is 0 Å². The van der Waals surface area contributed by atoms with Crippen LogP contribution in [0.25, 0.3) is 10.8 Å². The molecule has 1 aliphatic carbocycles. The number of hydrogen-bond donors (Lipinski definition) is 1. The molecule has 0 heterocycles. The van der Waals surface area contributed by atoms with Crippen molar-refractivity contribution < 1.29 is 14.6 Å². The number of esters is 1. The van der Waals surface area contributed by atoms with Gasteiger partial charge in [0.15, 0.2) is 0 Å². The molecule has 33 heavy (non-hydrogen) atoms. The number of aromatic hydroxyl groups is 1. The van der Waals surface area contributed by atoms with Gasteiger partial charge < -0.3 is 9.84 Å². The Kier molecular flexibility index (Phi) is 8.70. The summed E-state index contributed by atoms with van der Waals surface area (Å²) in [6, 6.07) is 16.6. The first kappa shape index (κ1) is 26.3. The fraction of sp³-hybridized carbons (Fsp3) is 0.393.